The zero-order valence-electron chi connectivity index (χ0n) is 9.51. The lowest BCUT2D eigenvalue weighted by molar-refractivity contribution is -0.104. The Bertz CT molecular complexity index is 243. The molecule has 0 atom stereocenters. The van der Waals surface area contributed by atoms with Gasteiger partial charge in [0.2, 0.25) is 0 Å². The predicted molar refractivity (Wildman–Crippen MR) is 60.4 cm³/mol. The minimum Gasteiger partial charge on any atom is -0.320 e. The molecule has 0 radical (unpaired) electrons. The summed E-state index contributed by atoms with van der Waals surface area (Å²) in [6.45, 7) is 3.25. The Morgan fingerprint density at radius 1 is 0.938 bits per heavy atom. The smallest absolute Gasteiger partial charge is 0.320 e. The van der Waals surface area contributed by atoms with Gasteiger partial charge in [0.25, 0.3) is 0 Å². The van der Waals surface area contributed by atoms with E-state index in [9.17, 15) is 4.57 Å². The molecular formula is C9H20N3O3P. The maximum absolute atomic E-state index is 12.2. The van der Waals surface area contributed by atoms with Gasteiger partial charge in [0.15, 0.2) is 0 Å². The molecule has 2 rings (SSSR count). The summed E-state index contributed by atoms with van der Waals surface area (Å²) in [4.78, 5) is 0. The van der Waals surface area contributed by atoms with E-state index in [4.69, 9.17) is 15.0 Å². The van der Waals surface area contributed by atoms with Gasteiger partial charge in [-0.2, -0.15) is 10.1 Å². The molecule has 0 unspecified atom stereocenters. The highest BCUT2D eigenvalue weighted by atomic mass is 31.2. The van der Waals surface area contributed by atoms with Crippen LogP contribution in [0.15, 0.2) is 0 Å². The molecule has 0 spiro atoms. The fourth-order valence-electron chi connectivity index (χ4n) is 1.97. The predicted octanol–water partition coefficient (Wildman–Crippen LogP) is 1.15. The maximum Gasteiger partial charge on any atom is 0.377 e. The molecule has 2 heterocycles. The Balaban J connectivity index is 1.86. The molecule has 16 heavy (non-hydrogen) atoms. The van der Waals surface area contributed by atoms with E-state index in [0.29, 0.717) is 0 Å². The van der Waals surface area contributed by atoms with E-state index >= 15 is 0 Å². The van der Waals surface area contributed by atoms with Crippen molar-refractivity contribution in [2.45, 2.75) is 25.7 Å². The first-order valence-corrected chi connectivity index (χ1v) is 7.63. The molecule has 2 fully saturated rings. The van der Waals surface area contributed by atoms with Gasteiger partial charge in [-0.15, -0.1) is 0 Å². The molecule has 2 saturated heterocycles. The molecule has 94 valence electrons. The van der Waals surface area contributed by atoms with Gasteiger partial charge in [-0.25, -0.2) is 9.25 Å². The number of hydrogen-bond donors (Lipinski definition) is 1. The van der Waals surface area contributed by atoms with Crippen molar-refractivity contribution >= 4 is 7.60 Å². The van der Waals surface area contributed by atoms with E-state index < -0.39 is 7.60 Å². The number of rotatable bonds is 5. The first-order chi connectivity index (χ1) is 7.72. The maximum atomic E-state index is 12.2. The van der Waals surface area contributed by atoms with Crippen LogP contribution in [0.25, 0.3) is 0 Å². The summed E-state index contributed by atoms with van der Waals surface area (Å²) >= 11 is 0. The van der Waals surface area contributed by atoms with Crippen molar-refractivity contribution < 1.29 is 13.8 Å². The highest BCUT2D eigenvalue weighted by Gasteiger charge is 2.32. The normalized spacial score (nSPS) is 24.3. The van der Waals surface area contributed by atoms with Crippen LogP contribution in [-0.2, 0) is 13.8 Å². The van der Waals surface area contributed by atoms with E-state index in [2.05, 4.69) is 0 Å². The van der Waals surface area contributed by atoms with Crippen LogP contribution in [0.1, 0.15) is 25.7 Å². The molecule has 0 amide bonds. The summed E-state index contributed by atoms with van der Waals surface area (Å²) in [6, 6.07) is 0. The summed E-state index contributed by atoms with van der Waals surface area (Å²) in [6.07, 6.45) is 4.24. The molecule has 0 saturated carbocycles. The van der Waals surface area contributed by atoms with Crippen molar-refractivity contribution in [1.82, 2.24) is 10.1 Å². The topological polar surface area (TPSA) is 68.0 Å². The lowest BCUT2D eigenvalue weighted by Gasteiger charge is -2.25. The van der Waals surface area contributed by atoms with Crippen LogP contribution in [0.2, 0.25) is 0 Å². The molecule has 2 aliphatic rings. The Morgan fingerprint density at radius 2 is 1.31 bits per heavy atom. The average molecular weight is 249 g/mol. The van der Waals surface area contributed by atoms with Crippen molar-refractivity contribution in [1.29, 1.82) is 0 Å². The van der Waals surface area contributed by atoms with E-state index in [0.717, 1.165) is 51.9 Å². The van der Waals surface area contributed by atoms with Gasteiger partial charge in [-0.05, 0) is 25.7 Å². The zero-order valence-corrected chi connectivity index (χ0v) is 10.4. The second-order valence-corrected chi connectivity index (χ2v) is 6.14. The second-order valence-electron chi connectivity index (χ2n) is 4.23. The van der Waals surface area contributed by atoms with Crippen molar-refractivity contribution in [2.24, 2.45) is 5.73 Å². The standard InChI is InChI=1S/C9H20N3O3P/c10-9-16(13,14-11-5-1-2-6-11)15-12-7-3-4-8-12/h1-10H2. The van der Waals surface area contributed by atoms with Gasteiger partial charge in [0.1, 0.15) is 0 Å². The SMILES string of the molecule is NCP(=O)(ON1CCCC1)ON1CCCC1. The molecule has 0 aliphatic carbocycles. The highest BCUT2D eigenvalue weighted by molar-refractivity contribution is 7.53. The molecule has 2 N–H and O–H groups in total. The third-order valence-corrected chi connectivity index (χ3v) is 4.24. The van der Waals surface area contributed by atoms with E-state index in [-0.39, 0.29) is 6.29 Å². The van der Waals surface area contributed by atoms with Crippen LogP contribution in [0.5, 0.6) is 0 Å². The monoisotopic (exact) mass is 249 g/mol. The fourth-order valence-corrected chi connectivity index (χ4v) is 3.17. The summed E-state index contributed by atoms with van der Waals surface area (Å²) < 4.78 is 23.1. The Kier molecular flexibility index (Phi) is 4.35. The molecular weight excluding hydrogens is 229 g/mol. The van der Waals surface area contributed by atoms with Crippen LogP contribution in [-0.4, -0.2) is 42.6 Å². The second kappa shape index (κ2) is 5.58. The molecule has 0 aromatic rings. The largest absolute Gasteiger partial charge is 0.377 e. The average Bonchev–Trinajstić information content (AvgIpc) is 2.91. The molecule has 0 bridgehead atoms. The first kappa shape index (κ1) is 12.5. The van der Waals surface area contributed by atoms with Crippen LogP contribution >= 0.6 is 7.60 Å². The third-order valence-electron chi connectivity index (χ3n) is 2.83. The Hall–Kier alpha value is 0.0300. The lowest BCUT2D eigenvalue weighted by Crippen LogP contribution is -2.26. The van der Waals surface area contributed by atoms with Crippen molar-refractivity contribution in [3.05, 3.63) is 0 Å². The number of hydrogen-bond acceptors (Lipinski definition) is 6. The number of hydroxylamine groups is 4. The van der Waals surface area contributed by atoms with Gasteiger partial charge in [0, 0.05) is 26.2 Å². The van der Waals surface area contributed by atoms with Gasteiger partial charge in [0.05, 0.1) is 6.29 Å². The molecule has 0 aromatic carbocycles. The van der Waals surface area contributed by atoms with Crippen LogP contribution < -0.4 is 5.73 Å². The van der Waals surface area contributed by atoms with Crippen molar-refractivity contribution in [3.63, 3.8) is 0 Å². The summed E-state index contributed by atoms with van der Waals surface area (Å²) in [7, 11) is -3.17. The summed E-state index contributed by atoms with van der Waals surface area (Å²) in [5.74, 6) is 0. The number of nitrogens with zero attached hydrogens (tertiary/aromatic N) is 2. The Morgan fingerprint density at radius 3 is 1.62 bits per heavy atom. The van der Waals surface area contributed by atoms with Gasteiger partial charge in [-0.1, -0.05) is 0 Å². The molecule has 6 nitrogen and oxygen atoms in total. The minimum atomic E-state index is -3.17. The summed E-state index contributed by atoms with van der Waals surface area (Å²) in [5.41, 5.74) is 5.50. The van der Waals surface area contributed by atoms with E-state index in [1.54, 1.807) is 10.1 Å². The van der Waals surface area contributed by atoms with Gasteiger partial charge < -0.3 is 5.73 Å². The van der Waals surface area contributed by atoms with Crippen LogP contribution in [0, 0.1) is 0 Å². The quantitative estimate of drug-likeness (QED) is 0.737. The van der Waals surface area contributed by atoms with Crippen LogP contribution in [0.3, 0.4) is 0 Å². The van der Waals surface area contributed by atoms with Crippen LogP contribution in [0.4, 0.5) is 0 Å². The van der Waals surface area contributed by atoms with E-state index in [1.807, 2.05) is 0 Å². The minimum absolute atomic E-state index is 0.0694. The highest BCUT2D eigenvalue weighted by Crippen LogP contribution is 2.49. The fraction of sp³-hybridized carbons (Fsp3) is 1.00. The van der Waals surface area contributed by atoms with Gasteiger partial charge >= 0.3 is 7.60 Å². The molecule has 0 aromatic heterocycles. The van der Waals surface area contributed by atoms with E-state index in [1.165, 1.54) is 0 Å². The lowest BCUT2D eigenvalue weighted by atomic mass is 10.4. The number of nitrogens with two attached hydrogens (primary N) is 1. The van der Waals surface area contributed by atoms with Crippen molar-refractivity contribution in [2.75, 3.05) is 32.5 Å². The summed E-state index contributed by atoms with van der Waals surface area (Å²) in [5, 5.41) is 3.42. The Labute approximate surface area is 96.1 Å². The molecule has 7 heteroatoms. The third kappa shape index (κ3) is 3.26. The zero-order chi connectivity index (χ0) is 11.4. The molecule has 2 aliphatic heterocycles. The first-order valence-electron chi connectivity index (χ1n) is 5.90. The van der Waals surface area contributed by atoms with Crippen molar-refractivity contribution in [3.8, 4) is 0 Å². The van der Waals surface area contributed by atoms with Gasteiger partial charge in [-0.3, -0.25) is 4.57 Å².